The molecule has 1 fully saturated rings. The van der Waals surface area contributed by atoms with E-state index in [9.17, 15) is 0 Å². The van der Waals surface area contributed by atoms with Gasteiger partial charge in [-0.1, -0.05) is 11.6 Å². The van der Waals surface area contributed by atoms with Crippen LogP contribution in [0.3, 0.4) is 0 Å². The van der Waals surface area contributed by atoms with Crippen molar-refractivity contribution in [3.63, 3.8) is 0 Å². The molecule has 0 aliphatic carbocycles. The minimum absolute atomic E-state index is 0.136. The van der Waals surface area contributed by atoms with Crippen LogP contribution in [0.4, 0.5) is 0 Å². The molecule has 1 aliphatic rings. The fourth-order valence-electron chi connectivity index (χ4n) is 3.06. The highest BCUT2D eigenvalue weighted by molar-refractivity contribution is 5.40. The molecule has 0 unspecified atom stereocenters. The fraction of sp³-hybridized carbons (Fsp3) is 0.353. The first-order chi connectivity index (χ1) is 11.9. The largest absolute Gasteiger partial charge is 0.337 e. The van der Waals surface area contributed by atoms with Gasteiger partial charge in [-0.25, -0.2) is 9.97 Å². The van der Waals surface area contributed by atoms with Crippen molar-refractivity contribution in [2.45, 2.75) is 31.8 Å². The summed E-state index contributed by atoms with van der Waals surface area (Å²) < 4.78 is 5.53. The molecule has 24 heavy (non-hydrogen) atoms. The maximum atomic E-state index is 5.53. The van der Waals surface area contributed by atoms with Crippen molar-refractivity contribution in [1.82, 2.24) is 30.0 Å². The average Bonchev–Trinajstić information content (AvgIpc) is 3.14. The van der Waals surface area contributed by atoms with Gasteiger partial charge in [0.25, 0.3) is 0 Å². The smallest absolute Gasteiger partial charge is 0.244 e. The number of hydrogen-bond acceptors (Lipinski definition) is 7. The van der Waals surface area contributed by atoms with Gasteiger partial charge in [0.2, 0.25) is 17.5 Å². The Hall–Kier alpha value is -2.67. The topological polar surface area (TPSA) is 80.8 Å². The summed E-state index contributed by atoms with van der Waals surface area (Å²) in [5.41, 5.74) is 1.24. The number of piperidine rings is 1. The molecule has 3 aromatic rings. The summed E-state index contributed by atoms with van der Waals surface area (Å²) >= 11 is 0. The lowest BCUT2D eigenvalue weighted by atomic mass is 10.0. The standard InChI is InChI=1S/C17H18N6O/c1-2-11-23(12-13-5-9-18-10-6-13)14(4-1)17-21-16(22-24-17)15-19-7-3-8-20-15/h3,5-10,14H,1-2,4,11-12H2/t14-/m0/s1. The number of nitrogens with zero attached hydrogens (tertiary/aromatic N) is 6. The van der Waals surface area contributed by atoms with Gasteiger partial charge in [-0.15, -0.1) is 0 Å². The van der Waals surface area contributed by atoms with Gasteiger partial charge in [-0.3, -0.25) is 9.88 Å². The first-order valence-electron chi connectivity index (χ1n) is 8.14. The Balaban J connectivity index is 1.56. The van der Waals surface area contributed by atoms with Crippen LogP contribution in [0.2, 0.25) is 0 Å². The molecular weight excluding hydrogens is 304 g/mol. The number of rotatable bonds is 4. The first-order valence-corrected chi connectivity index (χ1v) is 8.14. The molecule has 7 heteroatoms. The number of hydrogen-bond donors (Lipinski definition) is 0. The van der Waals surface area contributed by atoms with Crippen LogP contribution in [0, 0.1) is 0 Å². The van der Waals surface area contributed by atoms with Gasteiger partial charge >= 0.3 is 0 Å². The van der Waals surface area contributed by atoms with Gasteiger partial charge in [-0.05, 0) is 43.1 Å². The Morgan fingerprint density at radius 2 is 1.88 bits per heavy atom. The summed E-state index contributed by atoms with van der Waals surface area (Å²) in [5, 5.41) is 4.06. The van der Waals surface area contributed by atoms with E-state index in [-0.39, 0.29) is 6.04 Å². The molecule has 0 N–H and O–H groups in total. The van der Waals surface area contributed by atoms with Crippen molar-refractivity contribution in [3.05, 3.63) is 54.4 Å². The van der Waals surface area contributed by atoms with Crippen LogP contribution in [0.15, 0.2) is 47.5 Å². The Morgan fingerprint density at radius 1 is 1.04 bits per heavy atom. The molecule has 0 amide bonds. The molecule has 122 valence electrons. The fourth-order valence-corrected chi connectivity index (χ4v) is 3.06. The molecule has 0 spiro atoms. The van der Waals surface area contributed by atoms with Gasteiger partial charge in [0.1, 0.15) is 0 Å². The molecule has 0 bridgehead atoms. The third-order valence-corrected chi connectivity index (χ3v) is 4.24. The Bertz CT molecular complexity index is 776. The van der Waals surface area contributed by atoms with Crippen molar-refractivity contribution in [1.29, 1.82) is 0 Å². The van der Waals surface area contributed by atoms with Crippen molar-refractivity contribution in [2.24, 2.45) is 0 Å². The van der Waals surface area contributed by atoms with E-state index in [1.807, 2.05) is 24.5 Å². The summed E-state index contributed by atoms with van der Waals surface area (Å²) in [7, 11) is 0. The summed E-state index contributed by atoms with van der Waals surface area (Å²) in [4.78, 5) is 19.4. The molecule has 0 saturated carbocycles. The molecule has 4 rings (SSSR count). The Morgan fingerprint density at radius 3 is 2.71 bits per heavy atom. The molecule has 3 aromatic heterocycles. The summed E-state index contributed by atoms with van der Waals surface area (Å²) in [6.07, 6.45) is 10.4. The van der Waals surface area contributed by atoms with E-state index in [1.54, 1.807) is 18.5 Å². The van der Waals surface area contributed by atoms with Crippen LogP contribution in [0.5, 0.6) is 0 Å². The summed E-state index contributed by atoms with van der Waals surface area (Å²) in [5.74, 6) is 1.58. The molecule has 1 aliphatic heterocycles. The van der Waals surface area contributed by atoms with E-state index in [1.165, 1.54) is 12.0 Å². The van der Waals surface area contributed by atoms with E-state index in [2.05, 4.69) is 30.0 Å². The average molecular weight is 322 g/mol. The zero-order valence-electron chi connectivity index (χ0n) is 13.2. The number of likely N-dealkylation sites (tertiary alicyclic amines) is 1. The summed E-state index contributed by atoms with van der Waals surface area (Å²) in [6, 6.07) is 5.99. The monoisotopic (exact) mass is 322 g/mol. The second-order valence-corrected chi connectivity index (χ2v) is 5.87. The van der Waals surface area contributed by atoms with Crippen LogP contribution in [-0.2, 0) is 6.54 Å². The lowest BCUT2D eigenvalue weighted by Crippen LogP contribution is -2.33. The van der Waals surface area contributed by atoms with Crippen molar-refractivity contribution in [2.75, 3.05) is 6.54 Å². The predicted octanol–water partition coefficient (Wildman–Crippen LogP) is 2.65. The number of pyridine rings is 1. The minimum Gasteiger partial charge on any atom is -0.337 e. The molecule has 4 heterocycles. The Kier molecular flexibility index (Phi) is 4.24. The second-order valence-electron chi connectivity index (χ2n) is 5.87. The lowest BCUT2D eigenvalue weighted by Gasteiger charge is -2.33. The molecule has 1 atom stereocenters. The molecule has 7 nitrogen and oxygen atoms in total. The number of aromatic nitrogens is 5. The zero-order chi connectivity index (χ0) is 16.2. The van der Waals surface area contributed by atoms with Crippen molar-refractivity contribution >= 4 is 0 Å². The third-order valence-electron chi connectivity index (χ3n) is 4.24. The van der Waals surface area contributed by atoms with Gasteiger partial charge in [0.05, 0.1) is 6.04 Å². The zero-order valence-corrected chi connectivity index (χ0v) is 13.2. The van der Waals surface area contributed by atoms with Crippen LogP contribution in [0.25, 0.3) is 11.6 Å². The highest BCUT2D eigenvalue weighted by atomic mass is 16.5. The van der Waals surface area contributed by atoms with Crippen LogP contribution in [0.1, 0.15) is 36.8 Å². The van der Waals surface area contributed by atoms with Crippen molar-refractivity contribution in [3.8, 4) is 11.6 Å². The van der Waals surface area contributed by atoms with E-state index in [4.69, 9.17) is 4.52 Å². The maximum absolute atomic E-state index is 5.53. The first kappa shape index (κ1) is 14.9. The van der Waals surface area contributed by atoms with Gasteiger partial charge in [-0.2, -0.15) is 4.98 Å². The highest BCUT2D eigenvalue weighted by Gasteiger charge is 2.29. The quantitative estimate of drug-likeness (QED) is 0.730. The lowest BCUT2D eigenvalue weighted by molar-refractivity contribution is 0.111. The van der Waals surface area contributed by atoms with Crippen LogP contribution in [-0.4, -0.2) is 36.5 Å². The van der Waals surface area contributed by atoms with Crippen LogP contribution >= 0.6 is 0 Å². The third kappa shape index (κ3) is 3.16. The summed E-state index contributed by atoms with van der Waals surface area (Å²) in [6.45, 7) is 1.87. The normalized spacial score (nSPS) is 18.6. The molecule has 0 radical (unpaired) electrons. The SMILES string of the molecule is c1cnc(-c2noc([C@@H]3CCCCN3Cc3ccncc3)n2)nc1. The minimum atomic E-state index is 0.136. The van der Waals surface area contributed by atoms with E-state index in [0.717, 1.165) is 25.9 Å². The van der Waals surface area contributed by atoms with E-state index in [0.29, 0.717) is 17.5 Å². The Labute approximate surface area is 139 Å². The molecular formula is C17H18N6O. The maximum Gasteiger partial charge on any atom is 0.244 e. The molecule has 0 aromatic carbocycles. The predicted molar refractivity (Wildman–Crippen MR) is 86.6 cm³/mol. The molecule has 1 saturated heterocycles. The van der Waals surface area contributed by atoms with Crippen molar-refractivity contribution < 1.29 is 4.52 Å². The second kappa shape index (κ2) is 6.84. The van der Waals surface area contributed by atoms with Gasteiger partial charge in [0.15, 0.2) is 0 Å². The van der Waals surface area contributed by atoms with Gasteiger partial charge in [0, 0.05) is 31.3 Å². The highest BCUT2D eigenvalue weighted by Crippen LogP contribution is 2.31. The van der Waals surface area contributed by atoms with Gasteiger partial charge < -0.3 is 4.52 Å². The van der Waals surface area contributed by atoms with E-state index < -0.39 is 0 Å². The van der Waals surface area contributed by atoms with E-state index >= 15 is 0 Å². The van der Waals surface area contributed by atoms with Crippen LogP contribution < -0.4 is 0 Å².